The standard InChI is InChI=1S/C28H27ClN6O3/c1-16-22(11-19(29)13-30-16)27(36)33-20-9-7-18(8-10-20)15-34-23-5-3-4-6-24(23)35(28(34)37)21-12-25-26(31-14-21)32-17(2)38-25/h3-6,11-14,18,20H,7-10,15H2,1-2H3,(H,33,36)/t18-,20-. The fraction of sp³-hybridized carbons (Fsp3) is 0.321. The van der Waals surface area contributed by atoms with Gasteiger partial charge in [-0.15, -0.1) is 0 Å². The molecule has 5 aromatic rings. The largest absolute Gasteiger partial charge is 0.439 e. The van der Waals surface area contributed by atoms with Crippen LogP contribution in [0.1, 0.15) is 47.6 Å². The summed E-state index contributed by atoms with van der Waals surface area (Å²) in [6.07, 6.45) is 6.73. The van der Waals surface area contributed by atoms with Crippen molar-refractivity contribution in [3.05, 3.63) is 81.4 Å². The van der Waals surface area contributed by atoms with Gasteiger partial charge in [0.15, 0.2) is 17.1 Å². The molecule has 0 spiro atoms. The molecular weight excluding hydrogens is 504 g/mol. The van der Waals surface area contributed by atoms with E-state index in [2.05, 4.69) is 20.3 Å². The van der Waals surface area contributed by atoms with Crippen LogP contribution in [0.4, 0.5) is 0 Å². The van der Waals surface area contributed by atoms with Crippen LogP contribution in [-0.2, 0) is 6.54 Å². The summed E-state index contributed by atoms with van der Waals surface area (Å²) >= 11 is 6.04. The number of amides is 1. The predicted octanol–water partition coefficient (Wildman–Crippen LogP) is 4.98. The van der Waals surface area contributed by atoms with Crippen molar-refractivity contribution in [1.82, 2.24) is 29.4 Å². The van der Waals surface area contributed by atoms with E-state index in [1.807, 2.05) is 34.9 Å². The van der Waals surface area contributed by atoms with E-state index in [1.54, 1.807) is 36.9 Å². The lowest BCUT2D eigenvalue weighted by Crippen LogP contribution is -2.39. The molecule has 194 valence electrons. The molecule has 1 fully saturated rings. The molecule has 0 radical (unpaired) electrons. The summed E-state index contributed by atoms with van der Waals surface area (Å²) in [6, 6.07) is 11.3. The monoisotopic (exact) mass is 530 g/mol. The Bertz CT molecular complexity index is 1730. The summed E-state index contributed by atoms with van der Waals surface area (Å²) < 4.78 is 9.20. The predicted molar refractivity (Wildman–Crippen MR) is 145 cm³/mol. The third-order valence-corrected chi connectivity index (χ3v) is 7.56. The van der Waals surface area contributed by atoms with Gasteiger partial charge < -0.3 is 9.73 Å². The first-order chi connectivity index (χ1) is 18.4. The van der Waals surface area contributed by atoms with Crippen molar-refractivity contribution in [2.24, 2.45) is 5.92 Å². The lowest BCUT2D eigenvalue weighted by molar-refractivity contribution is 0.0919. The zero-order valence-corrected chi connectivity index (χ0v) is 21.9. The van der Waals surface area contributed by atoms with Crippen molar-refractivity contribution in [3.63, 3.8) is 0 Å². The zero-order valence-electron chi connectivity index (χ0n) is 21.1. The molecule has 0 bridgehead atoms. The Labute approximate surface area is 223 Å². The van der Waals surface area contributed by atoms with E-state index in [1.165, 1.54) is 0 Å². The van der Waals surface area contributed by atoms with Crippen molar-refractivity contribution in [1.29, 1.82) is 0 Å². The molecule has 0 saturated heterocycles. The summed E-state index contributed by atoms with van der Waals surface area (Å²) in [4.78, 5) is 39.3. The quantitative estimate of drug-likeness (QED) is 0.343. The number of aryl methyl sites for hydroxylation is 2. The number of nitrogens with one attached hydrogen (secondary N) is 1. The zero-order chi connectivity index (χ0) is 26.4. The van der Waals surface area contributed by atoms with Gasteiger partial charge in [0, 0.05) is 31.8 Å². The minimum Gasteiger partial charge on any atom is -0.439 e. The normalized spacial score (nSPS) is 17.8. The fourth-order valence-electron chi connectivity index (χ4n) is 5.42. The lowest BCUT2D eigenvalue weighted by Gasteiger charge is -2.29. The van der Waals surface area contributed by atoms with Gasteiger partial charge in [-0.2, -0.15) is 4.98 Å². The summed E-state index contributed by atoms with van der Waals surface area (Å²) in [5.74, 6) is 0.713. The molecule has 0 aliphatic heterocycles. The van der Waals surface area contributed by atoms with Crippen LogP contribution in [0.25, 0.3) is 28.0 Å². The number of oxazole rings is 1. The Balaban J connectivity index is 1.20. The smallest absolute Gasteiger partial charge is 0.333 e. The molecular formula is C28H27ClN6O3. The van der Waals surface area contributed by atoms with Crippen molar-refractivity contribution in [2.75, 3.05) is 0 Å². The highest BCUT2D eigenvalue weighted by Crippen LogP contribution is 2.28. The summed E-state index contributed by atoms with van der Waals surface area (Å²) in [5.41, 5.74) is 4.47. The molecule has 4 heterocycles. The summed E-state index contributed by atoms with van der Waals surface area (Å²) in [6.45, 7) is 4.19. The second kappa shape index (κ2) is 9.72. The van der Waals surface area contributed by atoms with E-state index in [9.17, 15) is 9.59 Å². The minimum absolute atomic E-state index is 0.0818. The highest BCUT2D eigenvalue weighted by atomic mass is 35.5. The van der Waals surface area contributed by atoms with Crippen molar-refractivity contribution >= 4 is 39.8 Å². The molecule has 9 nitrogen and oxygen atoms in total. The topological polar surface area (TPSA) is 108 Å². The summed E-state index contributed by atoms with van der Waals surface area (Å²) in [5, 5.41) is 3.58. The van der Waals surface area contributed by atoms with E-state index < -0.39 is 0 Å². The Morgan fingerprint density at radius 2 is 1.84 bits per heavy atom. The van der Waals surface area contributed by atoms with Crippen LogP contribution in [0.5, 0.6) is 0 Å². The summed E-state index contributed by atoms with van der Waals surface area (Å²) in [7, 11) is 0. The molecule has 0 unspecified atom stereocenters. The number of fused-ring (bicyclic) bond motifs is 2. The van der Waals surface area contributed by atoms with Gasteiger partial charge in [-0.25, -0.2) is 9.78 Å². The first-order valence-electron chi connectivity index (χ1n) is 12.7. The number of hydrogen-bond acceptors (Lipinski definition) is 6. The molecule has 1 N–H and O–H groups in total. The van der Waals surface area contributed by atoms with E-state index in [0.29, 0.717) is 51.6 Å². The van der Waals surface area contributed by atoms with Gasteiger partial charge in [0.05, 0.1) is 39.2 Å². The van der Waals surface area contributed by atoms with Crippen molar-refractivity contribution < 1.29 is 9.21 Å². The maximum absolute atomic E-state index is 13.7. The van der Waals surface area contributed by atoms with Gasteiger partial charge in [-0.05, 0) is 56.7 Å². The van der Waals surface area contributed by atoms with Crippen LogP contribution >= 0.6 is 11.6 Å². The molecule has 1 aliphatic rings. The van der Waals surface area contributed by atoms with Crippen LogP contribution in [0, 0.1) is 19.8 Å². The highest BCUT2D eigenvalue weighted by molar-refractivity contribution is 6.30. The van der Waals surface area contributed by atoms with Crippen LogP contribution in [0.2, 0.25) is 5.02 Å². The number of nitrogens with zero attached hydrogens (tertiary/aromatic N) is 5. The number of para-hydroxylation sites is 2. The van der Waals surface area contributed by atoms with Crippen LogP contribution < -0.4 is 11.0 Å². The maximum Gasteiger partial charge on any atom is 0.333 e. The first-order valence-corrected chi connectivity index (χ1v) is 13.1. The lowest BCUT2D eigenvalue weighted by atomic mass is 9.85. The minimum atomic E-state index is -0.146. The molecule has 1 aliphatic carbocycles. The van der Waals surface area contributed by atoms with Crippen LogP contribution in [0.15, 0.2) is 58.0 Å². The number of pyridine rings is 2. The van der Waals surface area contributed by atoms with Crippen molar-refractivity contribution in [2.45, 2.75) is 52.1 Å². The number of benzene rings is 1. The van der Waals surface area contributed by atoms with Crippen LogP contribution in [0.3, 0.4) is 0 Å². The molecule has 6 rings (SSSR count). The van der Waals surface area contributed by atoms with Gasteiger partial charge in [-0.1, -0.05) is 23.7 Å². The molecule has 1 amide bonds. The number of rotatable bonds is 5. The van der Waals surface area contributed by atoms with Crippen LogP contribution in [-0.4, -0.2) is 36.0 Å². The Morgan fingerprint density at radius 1 is 1.08 bits per heavy atom. The molecule has 0 atom stereocenters. The number of carbonyl (C=O) groups excluding carboxylic acids is 1. The van der Waals surface area contributed by atoms with E-state index in [-0.39, 0.29) is 17.6 Å². The third-order valence-electron chi connectivity index (χ3n) is 7.35. The molecule has 10 heteroatoms. The average Bonchev–Trinajstić information content (AvgIpc) is 3.42. The maximum atomic E-state index is 13.7. The van der Waals surface area contributed by atoms with Gasteiger partial charge in [0.2, 0.25) is 0 Å². The van der Waals surface area contributed by atoms with E-state index >= 15 is 0 Å². The second-order valence-corrected chi connectivity index (χ2v) is 10.4. The second-order valence-electron chi connectivity index (χ2n) is 9.94. The number of aromatic nitrogens is 5. The van der Waals surface area contributed by atoms with Crippen molar-refractivity contribution in [3.8, 4) is 5.69 Å². The van der Waals surface area contributed by atoms with Gasteiger partial charge >= 0.3 is 5.69 Å². The Kier molecular flexibility index (Phi) is 6.23. The highest BCUT2D eigenvalue weighted by Gasteiger charge is 2.26. The first kappa shape index (κ1) is 24.4. The van der Waals surface area contributed by atoms with Gasteiger partial charge in [0.1, 0.15) is 0 Å². The number of halogens is 1. The molecule has 1 aromatic carbocycles. The van der Waals surface area contributed by atoms with E-state index in [4.69, 9.17) is 16.0 Å². The fourth-order valence-corrected chi connectivity index (χ4v) is 5.58. The number of imidazole rings is 1. The average molecular weight is 531 g/mol. The number of carbonyl (C=O) groups is 1. The van der Waals surface area contributed by atoms with E-state index in [0.717, 1.165) is 36.7 Å². The third kappa shape index (κ3) is 4.47. The SMILES string of the molecule is Cc1nc2ncc(-n3c(=O)n(C[C@H]4CC[C@H](NC(=O)c5cc(Cl)cnc5C)CC4)c4ccccc43)cc2o1. The molecule has 38 heavy (non-hydrogen) atoms. The number of hydrogen-bond donors (Lipinski definition) is 1. The Hall–Kier alpha value is -3.98. The molecule has 1 saturated carbocycles. The van der Waals surface area contributed by atoms with Gasteiger partial charge in [0.25, 0.3) is 5.91 Å². The Morgan fingerprint density at radius 3 is 2.63 bits per heavy atom. The van der Waals surface area contributed by atoms with Gasteiger partial charge in [-0.3, -0.25) is 18.9 Å². The molecule has 4 aromatic heterocycles.